The first kappa shape index (κ1) is 13.3. The molecule has 0 N–H and O–H groups in total. The molecule has 0 aliphatic heterocycles. The topological polar surface area (TPSA) is 26.3 Å². The van der Waals surface area contributed by atoms with E-state index in [-0.39, 0.29) is 11.3 Å². The lowest BCUT2D eigenvalue weighted by Crippen LogP contribution is -2.03. The normalized spacial score (nSPS) is 10.6. The van der Waals surface area contributed by atoms with E-state index in [2.05, 4.69) is 0 Å². The van der Waals surface area contributed by atoms with Gasteiger partial charge in [-0.2, -0.15) is 0 Å². The molecular formula is C18H13FO2. The average molecular weight is 280 g/mol. The van der Waals surface area contributed by atoms with Gasteiger partial charge in [-0.1, -0.05) is 30.3 Å². The maximum atomic E-state index is 13.7. The number of ketones is 1. The lowest BCUT2D eigenvalue weighted by Gasteiger charge is -2.06. The smallest absolute Gasteiger partial charge is 0.195 e. The molecule has 0 saturated heterocycles. The summed E-state index contributed by atoms with van der Waals surface area (Å²) in [6.07, 6.45) is 0. The molecule has 0 radical (unpaired) electrons. The third-order valence-electron chi connectivity index (χ3n) is 3.43. The van der Waals surface area contributed by atoms with Gasteiger partial charge < -0.3 is 4.74 Å². The standard InChI is InChI=1S/C18H13FO2/c1-21-15-9-8-12-10-14(7-6-13(12)11-15)18(20)16-4-2-3-5-17(16)19/h2-11H,1H3. The third kappa shape index (κ3) is 2.50. The third-order valence-corrected chi connectivity index (χ3v) is 3.43. The second kappa shape index (κ2) is 5.37. The van der Waals surface area contributed by atoms with Crippen LogP contribution in [0, 0.1) is 5.82 Å². The van der Waals surface area contributed by atoms with Crippen molar-refractivity contribution in [2.75, 3.05) is 7.11 Å². The van der Waals surface area contributed by atoms with Crippen molar-refractivity contribution in [2.24, 2.45) is 0 Å². The molecule has 0 bridgehead atoms. The minimum Gasteiger partial charge on any atom is -0.497 e. The SMILES string of the molecule is COc1ccc2cc(C(=O)c3ccccc3F)ccc2c1. The van der Waals surface area contributed by atoms with Gasteiger partial charge in [-0.15, -0.1) is 0 Å². The summed E-state index contributed by atoms with van der Waals surface area (Å²) in [6.45, 7) is 0. The number of benzene rings is 3. The summed E-state index contributed by atoms with van der Waals surface area (Å²) in [5.41, 5.74) is 0.558. The molecule has 0 spiro atoms. The van der Waals surface area contributed by atoms with Crippen molar-refractivity contribution in [3.8, 4) is 5.75 Å². The summed E-state index contributed by atoms with van der Waals surface area (Å²) >= 11 is 0. The number of fused-ring (bicyclic) bond motifs is 1. The molecule has 104 valence electrons. The Labute approximate surface area is 121 Å². The maximum Gasteiger partial charge on any atom is 0.195 e. The van der Waals surface area contributed by atoms with Crippen LogP contribution < -0.4 is 4.74 Å². The summed E-state index contributed by atoms with van der Waals surface area (Å²) in [5.74, 6) is -0.0566. The van der Waals surface area contributed by atoms with Crippen LogP contribution in [0.3, 0.4) is 0 Å². The maximum absolute atomic E-state index is 13.7. The highest BCUT2D eigenvalue weighted by Gasteiger charge is 2.13. The van der Waals surface area contributed by atoms with Gasteiger partial charge in [-0.25, -0.2) is 4.39 Å². The minimum absolute atomic E-state index is 0.0883. The number of carbonyl (C=O) groups excluding carboxylic acids is 1. The van der Waals surface area contributed by atoms with E-state index in [0.717, 1.165) is 16.5 Å². The molecule has 0 saturated carbocycles. The van der Waals surface area contributed by atoms with Crippen molar-refractivity contribution >= 4 is 16.6 Å². The van der Waals surface area contributed by atoms with Gasteiger partial charge in [-0.05, 0) is 41.1 Å². The molecular weight excluding hydrogens is 267 g/mol. The van der Waals surface area contributed by atoms with Crippen LogP contribution >= 0.6 is 0 Å². The Hall–Kier alpha value is -2.68. The van der Waals surface area contributed by atoms with Gasteiger partial charge >= 0.3 is 0 Å². The Balaban J connectivity index is 2.05. The highest BCUT2D eigenvalue weighted by Crippen LogP contribution is 2.23. The zero-order valence-corrected chi connectivity index (χ0v) is 11.5. The average Bonchev–Trinajstić information content (AvgIpc) is 2.53. The lowest BCUT2D eigenvalue weighted by molar-refractivity contribution is 0.103. The molecule has 0 fully saturated rings. The Morgan fingerprint density at radius 3 is 2.43 bits per heavy atom. The van der Waals surface area contributed by atoms with Gasteiger partial charge in [0.05, 0.1) is 12.7 Å². The van der Waals surface area contributed by atoms with Crippen molar-refractivity contribution in [1.29, 1.82) is 0 Å². The summed E-state index contributed by atoms with van der Waals surface area (Å²) in [4.78, 5) is 12.4. The number of rotatable bonds is 3. The molecule has 3 aromatic rings. The van der Waals surface area contributed by atoms with Crippen LogP contribution in [0.25, 0.3) is 10.8 Å². The fourth-order valence-electron chi connectivity index (χ4n) is 2.29. The van der Waals surface area contributed by atoms with Crippen molar-refractivity contribution in [3.05, 3.63) is 77.6 Å². The monoisotopic (exact) mass is 280 g/mol. The molecule has 21 heavy (non-hydrogen) atoms. The first-order valence-electron chi connectivity index (χ1n) is 6.56. The molecule has 0 atom stereocenters. The van der Waals surface area contributed by atoms with Crippen LogP contribution in [-0.4, -0.2) is 12.9 Å². The number of halogens is 1. The molecule has 3 aromatic carbocycles. The van der Waals surface area contributed by atoms with E-state index in [1.165, 1.54) is 12.1 Å². The first-order chi connectivity index (χ1) is 10.2. The molecule has 3 rings (SSSR count). The van der Waals surface area contributed by atoms with Crippen LogP contribution in [0.15, 0.2) is 60.7 Å². The summed E-state index contributed by atoms with van der Waals surface area (Å²) in [7, 11) is 1.61. The molecule has 0 amide bonds. The largest absolute Gasteiger partial charge is 0.497 e. The van der Waals surface area contributed by atoms with Gasteiger partial charge in [-0.3, -0.25) is 4.79 Å². The predicted octanol–water partition coefficient (Wildman–Crippen LogP) is 4.22. The van der Waals surface area contributed by atoms with Gasteiger partial charge in [0.1, 0.15) is 11.6 Å². The fraction of sp³-hybridized carbons (Fsp3) is 0.0556. The Morgan fingerprint density at radius 1 is 0.952 bits per heavy atom. The molecule has 0 aliphatic carbocycles. The van der Waals surface area contributed by atoms with Gasteiger partial charge in [0.2, 0.25) is 0 Å². The highest BCUT2D eigenvalue weighted by atomic mass is 19.1. The van der Waals surface area contributed by atoms with E-state index in [9.17, 15) is 9.18 Å². The van der Waals surface area contributed by atoms with Crippen LogP contribution in [-0.2, 0) is 0 Å². The summed E-state index contributed by atoms with van der Waals surface area (Å²) in [5, 5.41) is 1.89. The molecule has 0 aliphatic rings. The lowest BCUT2D eigenvalue weighted by atomic mass is 9.99. The van der Waals surface area contributed by atoms with Crippen molar-refractivity contribution in [3.63, 3.8) is 0 Å². The Kier molecular flexibility index (Phi) is 3.40. The molecule has 0 heterocycles. The van der Waals surface area contributed by atoms with Crippen molar-refractivity contribution in [2.45, 2.75) is 0 Å². The van der Waals surface area contributed by atoms with Gasteiger partial charge in [0, 0.05) is 5.56 Å². The fourth-order valence-corrected chi connectivity index (χ4v) is 2.29. The van der Waals surface area contributed by atoms with Crippen LogP contribution in [0.1, 0.15) is 15.9 Å². The number of ether oxygens (including phenoxy) is 1. The van der Waals surface area contributed by atoms with E-state index >= 15 is 0 Å². The number of methoxy groups -OCH3 is 1. The van der Waals surface area contributed by atoms with E-state index in [1.54, 1.807) is 31.4 Å². The van der Waals surface area contributed by atoms with Crippen molar-refractivity contribution in [1.82, 2.24) is 0 Å². The van der Waals surface area contributed by atoms with Crippen LogP contribution in [0.5, 0.6) is 5.75 Å². The molecule has 0 unspecified atom stereocenters. The number of hydrogen-bond donors (Lipinski definition) is 0. The predicted molar refractivity (Wildman–Crippen MR) is 80.3 cm³/mol. The second-order valence-electron chi connectivity index (χ2n) is 4.74. The van der Waals surface area contributed by atoms with E-state index < -0.39 is 5.82 Å². The number of hydrogen-bond acceptors (Lipinski definition) is 2. The summed E-state index contributed by atoms with van der Waals surface area (Å²) in [6, 6.07) is 16.9. The molecule has 2 nitrogen and oxygen atoms in total. The Bertz CT molecular complexity index is 824. The van der Waals surface area contributed by atoms with Crippen molar-refractivity contribution < 1.29 is 13.9 Å². The zero-order valence-electron chi connectivity index (χ0n) is 11.5. The quantitative estimate of drug-likeness (QED) is 0.671. The second-order valence-corrected chi connectivity index (χ2v) is 4.74. The van der Waals surface area contributed by atoms with Crippen LogP contribution in [0.4, 0.5) is 4.39 Å². The molecule has 0 aromatic heterocycles. The van der Waals surface area contributed by atoms with E-state index in [0.29, 0.717) is 5.56 Å². The van der Waals surface area contributed by atoms with Gasteiger partial charge in [0.25, 0.3) is 0 Å². The highest BCUT2D eigenvalue weighted by molar-refractivity contribution is 6.10. The van der Waals surface area contributed by atoms with E-state index in [4.69, 9.17) is 4.74 Å². The first-order valence-corrected chi connectivity index (χ1v) is 6.56. The van der Waals surface area contributed by atoms with Crippen LogP contribution in [0.2, 0.25) is 0 Å². The molecule has 3 heteroatoms. The minimum atomic E-state index is -0.502. The van der Waals surface area contributed by atoms with E-state index in [1.807, 2.05) is 24.3 Å². The summed E-state index contributed by atoms with van der Waals surface area (Å²) < 4.78 is 18.9. The number of carbonyl (C=O) groups is 1. The Morgan fingerprint density at radius 2 is 1.67 bits per heavy atom. The van der Waals surface area contributed by atoms with Gasteiger partial charge in [0.15, 0.2) is 5.78 Å². The zero-order chi connectivity index (χ0) is 14.8.